The molecule has 0 aromatic carbocycles. The van der Waals surface area contributed by atoms with E-state index in [0.717, 1.165) is 44.6 Å². The summed E-state index contributed by atoms with van der Waals surface area (Å²) in [5.74, 6) is 0.318. The van der Waals surface area contributed by atoms with Crippen molar-refractivity contribution < 1.29 is 14.7 Å². The molecule has 0 aliphatic heterocycles. The van der Waals surface area contributed by atoms with Gasteiger partial charge in [0.05, 0.1) is 0 Å². The second-order valence-electron chi connectivity index (χ2n) is 6.30. The van der Waals surface area contributed by atoms with Gasteiger partial charge in [-0.1, -0.05) is 44.9 Å². The lowest BCUT2D eigenvalue weighted by Gasteiger charge is -2.21. The highest BCUT2D eigenvalue weighted by molar-refractivity contribution is 5.75. The number of amides is 1. The van der Waals surface area contributed by atoms with Crippen molar-refractivity contribution in [2.75, 3.05) is 6.54 Å². The van der Waals surface area contributed by atoms with Crippen molar-refractivity contribution in [3.05, 3.63) is 0 Å². The van der Waals surface area contributed by atoms with Crippen molar-refractivity contribution in [1.29, 1.82) is 0 Å². The van der Waals surface area contributed by atoms with Crippen molar-refractivity contribution in [3.8, 4) is 0 Å². The molecule has 1 saturated carbocycles. The maximum atomic E-state index is 11.7. The van der Waals surface area contributed by atoms with Crippen LogP contribution in [-0.2, 0) is 9.59 Å². The number of unbranched alkanes of at least 4 members (excludes halogenated alkanes) is 3. The summed E-state index contributed by atoms with van der Waals surface area (Å²) in [7, 11) is 0. The molecule has 1 aliphatic rings. The zero-order valence-corrected chi connectivity index (χ0v) is 13.2. The molecule has 0 saturated heterocycles. The summed E-state index contributed by atoms with van der Waals surface area (Å²) in [5.41, 5.74) is 0. The van der Waals surface area contributed by atoms with Gasteiger partial charge < -0.3 is 10.4 Å². The molecule has 2 N–H and O–H groups in total. The van der Waals surface area contributed by atoms with Crippen molar-refractivity contribution in [3.63, 3.8) is 0 Å². The quantitative estimate of drug-likeness (QED) is 0.569. The summed E-state index contributed by atoms with van der Waals surface area (Å²) < 4.78 is 0. The molecule has 4 heteroatoms. The smallest absolute Gasteiger partial charge is 0.303 e. The predicted molar refractivity (Wildman–Crippen MR) is 84.2 cm³/mol. The number of rotatable bonds is 11. The number of carbonyl (C=O) groups excluding carboxylic acids is 1. The van der Waals surface area contributed by atoms with Gasteiger partial charge in [0.2, 0.25) is 5.91 Å². The van der Waals surface area contributed by atoms with Gasteiger partial charge in [-0.2, -0.15) is 0 Å². The molecule has 0 aromatic rings. The van der Waals surface area contributed by atoms with Crippen LogP contribution in [0, 0.1) is 5.92 Å². The molecule has 0 unspecified atom stereocenters. The number of aliphatic carboxylic acids is 1. The van der Waals surface area contributed by atoms with E-state index >= 15 is 0 Å². The van der Waals surface area contributed by atoms with E-state index in [1.165, 1.54) is 38.5 Å². The lowest BCUT2D eigenvalue weighted by Crippen LogP contribution is -2.24. The lowest BCUT2D eigenvalue weighted by atomic mass is 9.86. The summed E-state index contributed by atoms with van der Waals surface area (Å²) in [5, 5.41) is 11.5. The van der Waals surface area contributed by atoms with Crippen LogP contribution < -0.4 is 5.32 Å². The molecular formula is C17H31NO3. The minimum Gasteiger partial charge on any atom is -0.481 e. The maximum absolute atomic E-state index is 11.7. The zero-order chi connectivity index (χ0) is 15.3. The highest BCUT2D eigenvalue weighted by atomic mass is 16.4. The molecule has 0 heterocycles. The number of hydrogen-bond acceptors (Lipinski definition) is 2. The Morgan fingerprint density at radius 1 is 0.905 bits per heavy atom. The van der Waals surface area contributed by atoms with Gasteiger partial charge in [0, 0.05) is 19.4 Å². The van der Waals surface area contributed by atoms with Crippen molar-refractivity contribution >= 4 is 11.9 Å². The summed E-state index contributed by atoms with van der Waals surface area (Å²) >= 11 is 0. The van der Waals surface area contributed by atoms with Crippen molar-refractivity contribution in [1.82, 2.24) is 5.32 Å². The Morgan fingerprint density at radius 2 is 1.62 bits per heavy atom. The number of carboxylic acids is 1. The van der Waals surface area contributed by atoms with Gasteiger partial charge in [-0.3, -0.25) is 9.59 Å². The van der Waals surface area contributed by atoms with Gasteiger partial charge in [-0.15, -0.1) is 0 Å². The van der Waals surface area contributed by atoms with E-state index in [-0.39, 0.29) is 12.3 Å². The molecule has 1 rings (SSSR count). The normalized spacial score (nSPS) is 15.8. The Morgan fingerprint density at radius 3 is 2.33 bits per heavy atom. The Kier molecular flexibility index (Phi) is 9.92. The highest BCUT2D eigenvalue weighted by Gasteiger charge is 2.13. The Labute approximate surface area is 128 Å². The molecular weight excluding hydrogens is 266 g/mol. The van der Waals surface area contributed by atoms with Crippen LogP contribution in [0.4, 0.5) is 0 Å². The Hall–Kier alpha value is -1.06. The summed E-state index contributed by atoms with van der Waals surface area (Å²) in [4.78, 5) is 22.0. The van der Waals surface area contributed by atoms with Crippen LogP contribution in [0.3, 0.4) is 0 Å². The third kappa shape index (κ3) is 10.3. The standard InChI is InChI=1S/C17H31NO3/c19-16(12-8-11-15-9-4-3-5-10-15)18-14-7-2-1-6-13-17(20)21/h15H,1-14H2,(H,18,19)(H,20,21). The Bertz CT molecular complexity index is 298. The van der Waals surface area contributed by atoms with E-state index in [4.69, 9.17) is 5.11 Å². The fourth-order valence-electron chi connectivity index (χ4n) is 3.10. The van der Waals surface area contributed by atoms with E-state index in [1.54, 1.807) is 0 Å². The maximum Gasteiger partial charge on any atom is 0.303 e. The molecule has 122 valence electrons. The molecule has 4 nitrogen and oxygen atoms in total. The van der Waals surface area contributed by atoms with Gasteiger partial charge in [-0.25, -0.2) is 0 Å². The first-order valence-corrected chi connectivity index (χ1v) is 8.67. The van der Waals surface area contributed by atoms with E-state index in [0.29, 0.717) is 6.42 Å². The third-order valence-electron chi connectivity index (χ3n) is 4.38. The first-order chi connectivity index (χ1) is 10.2. The summed E-state index contributed by atoms with van der Waals surface area (Å²) in [6.07, 6.45) is 13.6. The van der Waals surface area contributed by atoms with E-state index in [1.807, 2.05) is 0 Å². The Balaban J connectivity index is 1.86. The molecule has 1 amide bonds. The second-order valence-corrected chi connectivity index (χ2v) is 6.30. The number of carboxylic acid groups (broad SMARTS) is 1. The lowest BCUT2D eigenvalue weighted by molar-refractivity contribution is -0.137. The number of nitrogens with one attached hydrogen (secondary N) is 1. The fraction of sp³-hybridized carbons (Fsp3) is 0.882. The molecule has 0 spiro atoms. The largest absolute Gasteiger partial charge is 0.481 e. The van der Waals surface area contributed by atoms with E-state index < -0.39 is 5.97 Å². The third-order valence-corrected chi connectivity index (χ3v) is 4.38. The molecule has 1 fully saturated rings. The topological polar surface area (TPSA) is 66.4 Å². The van der Waals surface area contributed by atoms with Crippen molar-refractivity contribution in [2.45, 2.75) is 83.5 Å². The van der Waals surface area contributed by atoms with Crippen LogP contribution in [-0.4, -0.2) is 23.5 Å². The predicted octanol–water partition coefficient (Wildman–Crippen LogP) is 3.89. The van der Waals surface area contributed by atoms with Crippen molar-refractivity contribution in [2.24, 2.45) is 5.92 Å². The second kappa shape index (κ2) is 11.6. The van der Waals surface area contributed by atoms with Crippen LogP contribution in [0.1, 0.15) is 83.5 Å². The zero-order valence-electron chi connectivity index (χ0n) is 13.2. The van der Waals surface area contributed by atoms with E-state index in [2.05, 4.69) is 5.32 Å². The number of carbonyl (C=O) groups is 2. The number of hydrogen-bond donors (Lipinski definition) is 2. The minimum absolute atomic E-state index is 0.177. The van der Waals surface area contributed by atoms with Gasteiger partial charge >= 0.3 is 5.97 Å². The van der Waals surface area contributed by atoms with Gasteiger partial charge in [0.1, 0.15) is 0 Å². The van der Waals surface area contributed by atoms with E-state index in [9.17, 15) is 9.59 Å². The van der Waals surface area contributed by atoms with Gasteiger partial charge in [0.25, 0.3) is 0 Å². The average Bonchev–Trinajstić information content (AvgIpc) is 2.47. The molecule has 0 radical (unpaired) electrons. The molecule has 0 atom stereocenters. The van der Waals surface area contributed by atoms with Gasteiger partial charge in [0.15, 0.2) is 0 Å². The summed E-state index contributed by atoms with van der Waals surface area (Å²) in [6, 6.07) is 0. The van der Waals surface area contributed by atoms with Crippen LogP contribution >= 0.6 is 0 Å². The first-order valence-electron chi connectivity index (χ1n) is 8.67. The fourth-order valence-corrected chi connectivity index (χ4v) is 3.10. The molecule has 1 aliphatic carbocycles. The SMILES string of the molecule is O=C(O)CCCCCCNC(=O)CCCC1CCCCC1. The first kappa shape index (κ1) is 18.0. The average molecular weight is 297 g/mol. The van der Waals surface area contributed by atoms with Crippen LogP contribution in [0.2, 0.25) is 0 Å². The van der Waals surface area contributed by atoms with Crippen LogP contribution in [0.25, 0.3) is 0 Å². The monoisotopic (exact) mass is 297 g/mol. The minimum atomic E-state index is -0.721. The van der Waals surface area contributed by atoms with Gasteiger partial charge in [-0.05, 0) is 31.6 Å². The highest BCUT2D eigenvalue weighted by Crippen LogP contribution is 2.27. The molecule has 0 aromatic heterocycles. The van der Waals surface area contributed by atoms with Crippen LogP contribution in [0.5, 0.6) is 0 Å². The molecule has 0 bridgehead atoms. The molecule has 21 heavy (non-hydrogen) atoms. The summed E-state index contributed by atoms with van der Waals surface area (Å²) in [6.45, 7) is 0.731. The van der Waals surface area contributed by atoms with Crippen LogP contribution in [0.15, 0.2) is 0 Å².